The Hall–Kier alpha value is -2.41. The van der Waals surface area contributed by atoms with E-state index in [1.807, 2.05) is 35.2 Å². The summed E-state index contributed by atoms with van der Waals surface area (Å²) in [6, 6.07) is 9.08. The molecule has 3 rings (SSSR count). The first-order valence-electron chi connectivity index (χ1n) is 9.18. The lowest BCUT2D eigenvalue weighted by Crippen LogP contribution is -2.55. The fraction of sp³-hybridized carbons (Fsp3) is 0.526. The summed E-state index contributed by atoms with van der Waals surface area (Å²) < 4.78 is 0. The van der Waals surface area contributed by atoms with Crippen molar-refractivity contribution in [2.24, 2.45) is 0 Å². The number of hydrogen-bond donors (Lipinski definition) is 1. The molecule has 2 aliphatic heterocycles. The van der Waals surface area contributed by atoms with Gasteiger partial charge in [-0.3, -0.25) is 19.3 Å². The summed E-state index contributed by atoms with van der Waals surface area (Å²) in [6.45, 7) is 5.04. The molecule has 0 spiro atoms. The number of likely N-dealkylation sites (tertiary alicyclic amines) is 1. The highest BCUT2D eigenvalue weighted by atomic mass is 16.2. The third-order valence-electron chi connectivity index (χ3n) is 5.05. The number of nitrogens with one attached hydrogen (secondary N) is 1. The molecule has 1 atom stereocenters. The van der Waals surface area contributed by atoms with E-state index in [1.165, 1.54) is 6.92 Å². The largest absolute Gasteiger partial charge is 0.338 e. The summed E-state index contributed by atoms with van der Waals surface area (Å²) >= 11 is 0. The number of anilines is 1. The fourth-order valence-corrected chi connectivity index (χ4v) is 3.66. The van der Waals surface area contributed by atoms with Gasteiger partial charge in [0.2, 0.25) is 17.7 Å². The zero-order valence-electron chi connectivity index (χ0n) is 15.2. The molecule has 3 amide bonds. The molecule has 1 aromatic rings. The number of carbonyl (C=O) groups excluding carboxylic acids is 3. The van der Waals surface area contributed by atoms with Gasteiger partial charge in [-0.2, -0.15) is 0 Å². The highest BCUT2D eigenvalue weighted by Crippen LogP contribution is 2.20. The highest BCUT2D eigenvalue weighted by molar-refractivity contribution is 5.92. The van der Waals surface area contributed by atoms with Crippen LogP contribution in [0.5, 0.6) is 0 Å². The van der Waals surface area contributed by atoms with Gasteiger partial charge in [-0.1, -0.05) is 18.2 Å². The molecule has 2 fully saturated rings. The number of benzene rings is 1. The van der Waals surface area contributed by atoms with E-state index in [0.29, 0.717) is 39.3 Å². The number of para-hydroxylation sites is 1. The summed E-state index contributed by atoms with van der Waals surface area (Å²) in [5, 5.41) is 2.88. The van der Waals surface area contributed by atoms with Crippen LogP contribution in [0, 0.1) is 0 Å². The van der Waals surface area contributed by atoms with E-state index in [9.17, 15) is 14.4 Å². The van der Waals surface area contributed by atoms with Gasteiger partial charge in [-0.25, -0.2) is 0 Å². The molecule has 1 aromatic carbocycles. The van der Waals surface area contributed by atoms with Gasteiger partial charge >= 0.3 is 0 Å². The van der Waals surface area contributed by atoms with Crippen molar-refractivity contribution in [1.29, 1.82) is 0 Å². The summed E-state index contributed by atoms with van der Waals surface area (Å²) in [4.78, 5) is 42.1. The predicted octanol–water partition coefficient (Wildman–Crippen LogP) is 0.780. The van der Waals surface area contributed by atoms with Crippen LogP contribution >= 0.6 is 0 Å². The van der Waals surface area contributed by atoms with Crippen LogP contribution in [0.25, 0.3) is 0 Å². The Morgan fingerprint density at radius 3 is 2.38 bits per heavy atom. The lowest BCUT2D eigenvalue weighted by molar-refractivity contribution is -0.144. The molecular formula is C19H26N4O3. The molecule has 0 aliphatic carbocycles. The molecule has 0 saturated carbocycles. The third kappa shape index (κ3) is 4.40. The van der Waals surface area contributed by atoms with Crippen LogP contribution in [0.3, 0.4) is 0 Å². The van der Waals surface area contributed by atoms with E-state index >= 15 is 0 Å². The van der Waals surface area contributed by atoms with Crippen molar-refractivity contribution in [3.8, 4) is 0 Å². The van der Waals surface area contributed by atoms with Gasteiger partial charge < -0.3 is 15.1 Å². The van der Waals surface area contributed by atoms with Crippen LogP contribution in [-0.4, -0.2) is 77.7 Å². The van der Waals surface area contributed by atoms with Crippen LogP contribution in [-0.2, 0) is 14.4 Å². The van der Waals surface area contributed by atoms with E-state index in [-0.39, 0.29) is 23.8 Å². The lowest BCUT2D eigenvalue weighted by atomic mass is 10.1. The van der Waals surface area contributed by atoms with Crippen LogP contribution in [0.4, 0.5) is 5.69 Å². The smallest absolute Gasteiger partial charge is 0.245 e. The molecule has 140 valence electrons. The van der Waals surface area contributed by atoms with Crippen LogP contribution in [0.2, 0.25) is 0 Å². The predicted molar refractivity (Wildman–Crippen MR) is 98.5 cm³/mol. The second-order valence-corrected chi connectivity index (χ2v) is 6.89. The maximum absolute atomic E-state index is 12.7. The highest BCUT2D eigenvalue weighted by Gasteiger charge is 2.36. The van der Waals surface area contributed by atoms with Crippen molar-refractivity contribution in [2.75, 3.05) is 44.6 Å². The Morgan fingerprint density at radius 1 is 1.04 bits per heavy atom. The lowest BCUT2D eigenvalue weighted by Gasteiger charge is -2.36. The van der Waals surface area contributed by atoms with Crippen molar-refractivity contribution in [3.05, 3.63) is 30.3 Å². The molecule has 7 heteroatoms. The fourth-order valence-electron chi connectivity index (χ4n) is 3.66. The Balaban J connectivity index is 1.46. The van der Waals surface area contributed by atoms with Gasteiger partial charge in [0.05, 0.1) is 6.54 Å². The van der Waals surface area contributed by atoms with Gasteiger partial charge in [-0.05, 0) is 25.0 Å². The minimum absolute atomic E-state index is 0.0305. The van der Waals surface area contributed by atoms with E-state index in [4.69, 9.17) is 0 Å². The monoisotopic (exact) mass is 358 g/mol. The Kier molecular flexibility index (Phi) is 5.88. The van der Waals surface area contributed by atoms with Gasteiger partial charge in [0, 0.05) is 45.3 Å². The maximum atomic E-state index is 12.7. The quantitative estimate of drug-likeness (QED) is 0.863. The second-order valence-electron chi connectivity index (χ2n) is 6.89. The SMILES string of the molecule is CC(=O)N1CCCC1C(=O)N1CCN(CC(=O)Nc2ccccc2)CC1. The number of carbonyl (C=O) groups is 3. The minimum Gasteiger partial charge on any atom is -0.338 e. The maximum Gasteiger partial charge on any atom is 0.245 e. The van der Waals surface area contributed by atoms with Crippen LogP contribution in [0.1, 0.15) is 19.8 Å². The topological polar surface area (TPSA) is 73.0 Å². The number of piperazine rings is 1. The average Bonchev–Trinajstić information content (AvgIpc) is 3.12. The van der Waals surface area contributed by atoms with Gasteiger partial charge in [-0.15, -0.1) is 0 Å². The molecule has 1 unspecified atom stereocenters. The molecule has 1 N–H and O–H groups in total. The first kappa shape index (κ1) is 18.4. The summed E-state index contributed by atoms with van der Waals surface area (Å²) in [6.07, 6.45) is 1.63. The van der Waals surface area contributed by atoms with E-state index in [2.05, 4.69) is 10.2 Å². The minimum atomic E-state index is -0.305. The summed E-state index contributed by atoms with van der Waals surface area (Å²) in [5.74, 6) is -0.0299. The molecule has 2 saturated heterocycles. The Labute approximate surface area is 153 Å². The first-order chi connectivity index (χ1) is 12.5. The van der Waals surface area contributed by atoms with E-state index in [0.717, 1.165) is 18.5 Å². The zero-order chi connectivity index (χ0) is 18.5. The van der Waals surface area contributed by atoms with Gasteiger partial charge in [0.15, 0.2) is 0 Å². The molecule has 2 heterocycles. The summed E-state index contributed by atoms with van der Waals surface area (Å²) in [5.41, 5.74) is 0.789. The molecular weight excluding hydrogens is 332 g/mol. The molecule has 0 radical (unpaired) electrons. The first-order valence-corrected chi connectivity index (χ1v) is 9.18. The van der Waals surface area contributed by atoms with Crippen LogP contribution in [0.15, 0.2) is 30.3 Å². The summed E-state index contributed by atoms with van der Waals surface area (Å²) in [7, 11) is 0. The molecule has 7 nitrogen and oxygen atoms in total. The van der Waals surface area contributed by atoms with E-state index in [1.54, 1.807) is 4.90 Å². The van der Waals surface area contributed by atoms with Crippen molar-refractivity contribution < 1.29 is 14.4 Å². The average molecular weight is 358 g/mol. The zero-order valence-corrected chi connectivity index (χ0v) is 15.2. The molecule has 0 aromatic heterocycles. The number of hydrogen-bond acceptors (Lipinski definition) is 4. The van der Waals surface area contributed by atoms with E-state index < -0.39 is 0 Å². The molecule has 0 bridgehead atoms. The van der Waals surface area contributed by atoms with Crippen molar-refractivity contribution in [1.82, 2.24) is 14.7 Å². The molecule has 26 heavy (non-hydrogen) atoms. The normalized spacial score (nSPS) is 20.9. The number of nitrogens with zero attached hydrogens (tertiary/aromatic N) is 3. The van der Waals surface area contributed by atoms with Gasteiger partial charge in [0.1, 0.15) is 6.04 Å². The Bertz CT molecular complexity index is 656. The van der Waals surface area contributed by atoms with Crippen molar-refractivity contribution in [2.45, 2.75) is 25.8 Å². The molecule has 2 aliphatic rings. The van der Waals surface area contributed by atoms with Gasteiger partial charge in [0.25, 0.3) is 0 Å². The van der Waals surface area contributed by atoms with Crippen molar-refractivity contribution >= 4 is 23.4 Å². The number of rotatable bonds is 4. The third-order valence-corrected chi connectivity index (χ3v) is 5.05. The van der Waals surface area contributed by atoms with Crippen LogP contribution < -0.4 is 5.32 Å². The van der Waals surface area contributed by atoms with Crippen molar-refractivity contribution in [3.63, 3.8) is 0 Å². The second kappa shape index (κ2) is 8.31. The Morgan fingerprint density at radius 2 is 1.73 bits per heavy atom. The number of amides is 3. The standard InChI is InChI=1S/C19H26N4O3/c1-15(24)23-9-5-8-17(23)19(26)22-12-10-21(11-13-22)14-18(25)20-16-6-3-2-4-7-16/h2-4,6-7,17H,5,8-14H2,1H3,(H,20,25).